The zero-order valence-electron chi connectivity index (χ0n) is 12.7. The summed E-state index contributed by atoms with van der Waals surface area (Å²) in [7, 11) is 2.00. The minimum atomic E-state index is 0.888. The van der Waals surface area contributed by atoms with Crippen molar-refractivity contribution >= 4 is 0 Å². The van der Waals surface area contributed by atoms with Gasteiger partial charge in [-0.25, -0.2) is 9.67 Å². The van der Waals surface area contributed by atoms with Crippen molar-refractivity contribution in [1.82, 2.24) is 19.7 Å². The third kappa shape index (κ3) is 2.48. The number of rotatable bonds is 3. The summed E-state index contributed by atoms with van der Waals surface area (Å²) in [5.74, 6) is 1.95. The molecule has 0 bridgehead atoms. The Morgan fingerprint density at radius 2 is 1.86 bits per heavy atom. The Morgan fingerprint density at radius 3 is 2.71 bits per heavy atom. The molecule has 2 aliphatic rings. The van der Waals surface area contributed by atoms with E-state index in [2.05, 4.69) is 28.2 Å². The molecule has 0 radical (unpaired) electrons. The van der Waals surface area contributed by atoms with E-state index >= 15 is 0 Å². The molecule has 4 rings (SSSR count). The first kappa shape index (κ1) is 13.0. The molecule has 0 unspecified atom stereocenters. The Hall–Kier alpha value is -1.68. The molecule has 1 fully saturated rings. The van der Waals surface area contributed by atoms with Gasteiger partial charge < -0.3 is 0 Å². The molecule has 0 saturated carbocycles. The fourth-order valence-corrected chi connectivity index (χ4v) is 3.61. The van der Waals surface area contributed by atoms with Gasteiger partial charge in [-0.3, -0.25) is 4.90 Å². The minimum absolute atomic E-state index is 0.888. The number of aryl methyl sites for hydroxylation is 3. The van der Waals surface area contributed by atoms with E-state index in [1.54, 1.807) is 0 Å². The summed E-state index contributed by atoms with van der Waals surface area (Å²) in [5, 5.41) is 4.61. The number of likely N-dealkylation sites (tertiary alicyclic amines) is 1. The Morgan fingerprint density at radius 1 is 1.05 bits per heavy atom. The quantitative estimate of drug-likeness (QED) is 0.867. The summed E-state index contributed by atoms with van der Waals surface area (Å²) < 4.78 is 1.93. The molecule has 1 saturated heterocycles. The second-order valence-electron chi connectivity index (χ2n) is 6.30. The maximum atomic E-state index is 4.78. The molecule has 21 heavy (non-hydrogen) atoms. The topological polar surface area (TPSA) is 34.0 Å². The zero-order valence-corrected chi connectivity index (χ0v) is 12.7. The summed E-state index contributed by atoms with van der Waals surface area (Å²) in [6, 6.07) is 6.78. The summed E-state index contributed by atoms with van der Waals surface area (Å²) >= 11 is 0. The summed E-state index contributed by atoms with van der Waals surface area (Å²) in [6.45, 7) is 3.26. The van der Waals surface area contributed by atoms with Gasteiger partial charge in [-0.15, -0.1) is 0 Å². The second-order valence-corrected chi connectivity index (χ2v) is 6.30. The maximum Gasteiger partial charge on any atom is 0.165 e. The molecular weight excluding hydrogens is 260 g/mol. The Kier molecular flexibility index (Phi) is 3.26. The maximum absolute atomic E-state index is 4.78. The fourth-order valence-electron chi connectivity index (χ4n) is 3.61. The van der Waals surface area contributed by atoms with Crippen molar-refractivity contribution in [2.75, 3.05) is 13.1 Å². The van der Waals surface area contributed by atoms with Crippen LogP contribution in [-0.2, 0) is 26.4 Å². The van der Waals surface area contributed by atoms with Gasteiger partial charge in [-0.1, -0.05) is 12.1 Å². The molecule has 110 valence electrons. The monoisotopic (exact) mass is 282 g/mol. The molecule has 1 aliphatic heterocycles. The van der Waals surface area contributed by atoms with E-state index in [1.807, 2.05) is 11.7 Å². The molecule has 0 N–H and O–H groups in total. The SMILES string of the molecule is Cn1nc(CN2CCCC2)nc1-c1ccc2c(c1)CCC2. The highest BCUT2D eigenvalue weighted by molar-refractivity contribution is 5.58. The number of fused-ring (bicyclic) bond motifs is 1. The lowest BCUT2D eigenvalue weighted by Crippen LogP contribution is -2.19. The van der Waals surface area contributed by atoms with Gasteiger partial charge in [0.15, 0.2) is 11.6 Å². The number of hydrogen-bond donors (Lipinski definition) is 0. The predicted octanol–water partition coefficient (Wildman–Crippen LogP) is 2.57. The third-order valence-electron chi connectivity index (χ3n) is 4.73. The molecule has 1 aromatic heterocycles. The summed E-state index contributed by atoms with van der Waals surface area (Å²) in [6.07, 6.45) is 6.35. The highest BCUT2D eigenvalue weighted by Crippen LogP contribution is 2.27. The van der Waals surface area contributed by atoms with Crippen LogP contribution >= 0.6 is 0 Å². The second kappa shape index (κ2) is 5.26. The molecule has 4 nitrogen and oxygen atoms in total. The van der Waals surface area contributed by atoms with Crippen molar-refractivity contribution in [2.24, 2.45) is 7.05 Å². The van der Waals surface area contributed by atoms with Crippen LogP contribution in [0.2, 0.25) is 0 Å². The van der Waals surface area contributed by atoms with E-state index in [0.29, 0.717) is 0 Å². The number of aromatic nitrogens is 3. The fraction of sp³-hybridized carbons (Fsp3) is 0.529. The van der Waals surface area contributed by atoms with Gasteiger partial charge in [-0.05, 0) is 62.4 Å². The number of nitrogens with zero attached hydrogens (tertiary/aromatic N) is 4. The molecule has 0 atom stereocenters. The largest absolute Gasteiger partial charge is 0.296 e. The molecule has 1 aliphatic carbocycles. The van der Waals surface area contributed by atoms with Crippen molar-refractivity contribution in [2.45, 2.75) is 38.6 Å². The van der Waals surface area contributed by atoms with Crippen molar-refractivity contribution < 1.29 is 0 Å². The van der Waals surface area contributed by atoms with Crippen LogP contribution in [0.5, 0.6) is 0 Å². The third-order valence-corrected chi connectivity index (χ3v) is 4.73. The van der Waals surface area contributed by atoms with Crippen LogP contribution in [0.3, 0.4) is 0 Å². The van der Waals surface area contributed by atoms with Crippen LogP contribution < -0.4 is 0 Å². The van der Waals surface area contributed by atoms with Crippen LogP contribution in [0.25, 0.3) is 11.4 Å². The van der Waals surface area contributed by atoms with Crippen LogP contribution in [0.4, 0.5) is 0 Å². The molecule has 4 heteroatoms. The lowest BCUT2D eigenvalue weighted by atomic mass is 10.1. The lowest BCUT2D eigenvalue weighted by Gasteiger charge is -2.10. The Labute approximate surface area is 125 Å². The van der Waals surface area contributed by atoms with E-state index in [-0.39, 0.29) is 0 Å². The first-order valence-corrected chi connectivity index (χ1v) is 8.04. The number of benzene rings is 1. The van der Waals surface area contributed by atoms with E-state index in [0.717, 1.165) is 18.2 Å². The van der Waals surface area contributed by atoms with Crippen LogP contribution in [0, 0.1) is 0 Å². The van der Waals surface area contributed by atoms with E-state index < -0.39 is 0 Å². The summed E-state index contributed by atoms with van der Waals surface area (Å²) in [4.78, 5) is 7.23. The van der Waals surface area contributed by atoms with Gasteiger partial charge in [0.25, 0.3) is 0 Å². The molecule has 0 amide bonds. The molecule has 0 spiro atoms. The van der Waals surface area contributed by atoms with Crippen LogP contribution in [0.15, 0.2) is 18.2 Å². The smallest absolute Gasteiger partial charge is 0.165 e. The van der Waals surface area contributed by atoms with Gasteiger partial charge in [-0.2, -0.15) is 5.10 Å². The van der Waals surface area contributed by atoms with Crippen molar-refractivity contribution in [3.63, 3.8) is 0 Å². The highest BCUT2D eigenvalue weighted by Gasteiger charge is 2.17. The summed E-state index contributed by atoms with van der Waals surface area (Å²) in [5.41, 5.74) is 4.22. The molecule has 2 aromatic rings. The Bertz CT molecular complexity index is 653. The lowest BCUT2D eigenvalue weighted by molar-refractivity contribution is 0.322. The van der Waals surface area contributed by atoms with Gasteiger partial charge in [0.1, 0.15) is 0 Å². The predicted molar refractivity (Wildman–Crippen MR) is 83.0 cm³/mol. The van der Waals surface area contributed by atoms with Crippen molar-refractivity contribution in [3.05, 3.63) is 35.2 Å². The van der Waals surface area contributed by atoms with Crippen molar-refractivity contribution in [1.29, 1.82) is 0 Å². The highest BCUT2D eigenvalue weighted by atomic mass is 15.3. The minimum Gasteiger partial charge on any atom is -0.296 e. The molecule has 1 aromatic carbocycles. The van der Waals surface area contributed by atoms with E-state index in [9.17, 15) is 0 Å². The van der Waals surface area contributed by atoms with Gasteiger partial charge in [0, 0.05) is 12.6 Å². The van der Waals surface area contributed by atoms with Crippen LogP contribution in [0.1, 0.15) is 36.2 Å². The Balaban J connectivity index is 1.61. The number of hydrogen-bond acceptors (Lipinski definition) is 3. The first-order valence-electron chi connectivity index (χ1n) is 8.04. The van der Waals surface area contributed by atoms with Crippen LogP contribution in [-0.4, -0.2) is 32.8 Å². The van der Waals surface area contributed by atoms with E-state index in [4.69, 9.17) is 4.98 Å². The van der Waals surface area contributed by atoms with Gasteiger partial charge in [0.05, 0.1) is 6.54 Å². The first-order chi connectivity index (χ1) is 10.3. The van der Waals surface area contributed by atoms with Gasteiger partial charge >= 0.3 is 0 Å². The average molecular weight is 282 g/mol. The standard InChI is InChI=1S/C17H22N4/c1-20-17(15-8-7-13-5-4-6-14(13)11-15)18-16(19-20)12-21-9-2-3-10-21/h7-8,11H,2-6,9-10,12H2,1H3. The molecule has 2 heterocycles. The van der Waals surface area contributed by atoms with E-state index in [1.165, 1.54) is 61.9 Å². The normalized spacial score (nSPS) is 18.3. The average Bonchev–Trinajstić information content (AvgIpc) is 3.19. The molecular formula is C17H22N4. The zero-order chi connectivity index (χ0) is 14.2. The van der Waals surface area contributed by atoms with Crippen molar-refractivity contribution in [3.8, 4) is 11.4 Å². The van der Waals surface area contributed by atoms with Gasteiger partial charge in [0.2, 0.25) is 0 Å².